The van der Waals surface area contributed by atoms with Crippen molar-refractivity contribution >= 4 is 21.7 Å². The van der Waals surface area contributed by atoms with E-state index >= 15 is 0 Å². The van der Waals surface area contributed by atoms with Crippen LogP contribution in [0.3, 0.4) is 0 Å². The summed E-state index contributed by atoms with van der Waals surface area (Å²) in [5.41, 5.74) is 2.93. The largest absolute Gasteiger partial charge is 0.480 e. The van der Waals surface area contributed by atoms with E-state index in [2.05, 4.69) is 19.0 Å². The first-order valence-corrected chi connectivity index (χ1v) is 14.9. The molecule has 0 saturated carbocycles. The zero-order chi connectivity index (χ0) is 27.2. The van der Waals surface area contributed by atoms with Gasteiger partial charge in [0.1, 0.15) is 13.2 Å². The number of sulfonamides is 1. The number of hydrogen-bond donors (Lipinski definition) is 1. The van der Waals surface area contributed by atoms with E-state index < -0.39 is 21.5 Å². The maximum atomic E-state index is 13.8. The molecular weight excluding hydrogens is 490 g/mol. The standard InChI is InChI=1S/C28H43N3O5S/c1-6-16-28(5)27(21(3)29-36-7-2)24(22(4)31(28)20-26(32)33)19-23-14-10-8-9-11-15-25(23)37(34,35)30-17-12-13-18-30/h9,11,14-15,27H,6-8,10,12-13,16-20H2,1-5H3,(H,32,33)/b11-9+,23-14-,25-15+,29-21+. The third-order valence-corrected chi connectivity index (χ3v) is 9.75. The predicted octanol–water partition coefficient (Wildman–Crippen LogP) is 5.22. The Kier molecular flexibility index (Phi) is 9.80. The zero-order valence-electron chi connectivity index (χ0n) is 23.0. The van der Waals surface area contributed by atoms with Crippen molar-refractivity contribution in [3.05, 3.63) is 46.1 Å². The molecule has 1 fully saturated rings. The number of allylic oxidation sites excluding steroid dienone is 6. The number of oxime groups is 1. The van der Waals surface area contributed by atoms with Crippen LogP contribution in [0.5, 0.6) is 0 Å². The van der Waals surface area contributed by atoms with Gasteiger partial charge in [0.15, 0.2) is 0 Å². The molecule has 3 aliphatic rings. The van der Waals surface area contributed by atoms with Gasteiger partial charge in [-0.3, -0.25) is 4.79 Å². The molecule has 0 radical (unpaired) electrons. The van der Waals surface area contributed by atoms with E-state index in [9.17, 15) is 18.3 Å². The number of carbonyl (C=O) groups is 1. The molecule has 1 aliphatic carbocycles. The lowest BCUT2D eigenvalue weighted by Gasteiger charge is -2.41. The Hall–Kier alpha value is -2.39. The number of nitrogens with zero attached hydrogens (tertiary/aromatic N) is 3. The van der Waals surface area contributed by atoms with Crippen LogP contribution >= 0.6 is 0 Å². The first-order valence-electron chi connectivity index (χ1n) is 13.5. The summed E-state index contributed by atoms with van der Waals surface area (Å²) in [5.74, 6) is -1.09. The molecule has 0 bridgehead atoms. The Morgan fingerprint density at radius 2 is 1.95 bits per heavy atom. The molecule has 2 unspecified atom stereocenters. The van der Waals surface area contributed by atoms with Crippen molar-refractivity contribution in [2.24, 2.45) is 11.1 Å². The van der Waals surface area contributed by atoms with Crippen molar-refractivity contribution in [1.29, 1.82) is 0 Å². The molecule has 0 aromatic heterocycles. The molecule has 2 heterocycles. The van der Waals surface area contributed by atoms with Gasteiger partial charge in [0, 0.05) is 30.2 Å². The number of rotatable bonds is 11. The van der Waals surface area contributed by atoms with Crippen molar-refractivity contribution in [3.8, 4) is 0 Å². The Balaban J connectivity index is 2.13. The summed E-state index contributed by atoms with van der Waals surface area (Å²) in [6.07, 6.45) is 13.0. The minimum absolute atomic E-state index is 0.124. The molecule has 2 aliphatic heterocycles. The maximum absolute atomic E-state index is 13.8. The van der Waals surface area contributed by atoms with E-state index in [1.165, 1.54) is 0 Å². The molecule has 0 aromatic carbocycles. The highest BCUT2D eigenvalue weighted by atomic mass is 32.2. The van der Waals surface area contributed by atoms with Crippen LogP contribution in [0.4, 0.5) is 0 Å². The smallest absolute Gasteiger partial charge is 0.323 e. The molecule has 8 nitrogen and oxygen atoms in total. The van der Waals surface area contributed by atoms with Gasteiger partial charge in [-0.15, -0.1) is 0 Å². The fraction of sp³-hybridized carbons (Fsp3) is 0.643. The first-order chi connectivity index (χ1) is 17.6. The minimum Gasteiger partial charge on any atom is -0.480 e. The van der Waals surface area contributed by atoms with E-state index in [4.69, 9.17) is 4.84 Å². The average Bonchev–Trinajstić information content (AvgIpc) is 3.43. The lowest BCUT2D eigenvalue weighted by atomic mass is 9.75. The van der Waals surface area contributed by atoms with Crippen LogP contribution in [0, 0.1) is 5.92 Å². The summed E-state index contributed by atoms with van der Waals surface area (Å²) in [5, 5.41) is 14.2. The number of carboxylic acids is 1. The van der Waals surface area contributed by atoms with Crippen LogP contribution in [0.2, 0.25) is 0 Å². The summed E-state index contributed by atoms with van der Waals surface area (Å²) in [7, 11) is -3.64. The van der Waals surface area contributed by atoms with Gasteiger partial charge in [0.25, 0.3) is 0 Å². The second-order valence-corrected chi connectivity index (χ2v) is 12.2. The van der Waals surface area contributed by atoms with E-state index in [-0.39, 0.29) is 12.5 Å². The quantitative estimate of drug-likeness (QED) is 0.289. The normalized spacial score (nSPS) is 29.4. The van der Waals surface area contributed by atoms with Crippen LogP contribution in [-0.4, -0.2) is 66.2 Å². The van der Waals surface area contributed by atoms with E-state index in [1.54, 1.807) is 10.4 Å². The second-order valence-electron chi connectivity index (χ2n) is 10.3. The molecule has 3 rings (SSSR count). The lowest BCUT2D eigenvalue weighted by molar-refractivity contribution is -0.139. The van der Waals surface area contributed by atoms with E-state index in [0.717, 1.165) is 61.1 Å². The van der Waals surface area contributed by atoms with Gasteiger partial charge in [-0.05, 0) is 83.4 Å². The van der Waals surface area contributed by atoms with Crippen molar-refractivity contribution in [1.82, 2.24) is 9.21 Å². The molecular formula is C28H43N3O5S. The molecule has 1 saturated heterocycles. The topological polar surface area (TPSA) is 99.5 Å². The first kappa shape index (κ1) is 29.2. The highest BCUT2D eigenvalue weighted by Crippen LogP contribution is 2.48. The van der Waals surface area contributed by atoms with Crippen LogP contribution in [0.1, 0.15) is 79.6 Å². The van der Waals surface area contributed by atoms with Gasteiger partial charge in [-0.2, -0.15) is 4.31 Å². The second kappa shape index (κ2) is 12.4. The summed E-state index contributed by atoms with van der Waals surface area (Å²) >= 11 is 0. The third-order valence-electron chi connectivity index (χ3n) is 7.75. The Morgan fingerprint density at radius 3 is 2.57 bits per heavy atom. The summed E-state index contributed by atoms with van der Waals surface area (Å²) in [6.45, 7) is 11.4. The highest BCUT2D eigenvalue weighted by molar-refractivity contribution is 7.93. The molecule has 1 N–H and O–H groups in total. The number of hydrogen-bond acceptors (Lipinski definition) is 6. The van der Waals surface area contributed by atoms with Gasteiger partial charge in [0.2, 0.25) is 10.0 Å². The molecule has 37 heavy (non-hydrogen) atoms. The van der Waals surface area contributed by atoms with Gasteiger partial charge in [-0.25, -0.2) is 8.42 Å². The van der Waals surface area contributed by atoms with Gasteiger partial charge in [-0.1, -0.05) is 36.7 Å². The summed E-state index contributed by atoms with van der Waals surface area (Å²) in [4.78, 5) is 19.7. The van der Waals surface area contributed by atoms with Crippen molar-refractivity contribution < 1.29 is 23.2 Å². The Labute approximate surface area is 222 Å². The molecule has 0 amide bonds. The number of aliphatic carboxylic acids is 1. The monoisotopic (exact) mass is 533 g/mol. The predicted molar refractivity (Wildman–Crippen MR) is 147 cm³/mol. The Morgan fingerprint density at radius 1 is 1.24 bits per heavy atom. The van der Waals surface area contributed by atoms with Crippen LogP contribution in [0.25, 0.3) is 0 Å². The van der Waals surface area contributed by atoms with Gasteiger partial charge in [0.05, 0.1) is 10.6 Å². The van der Waals surface area contributed by atoms with E-state index in [1.807, 2.05) is 43.9 Å². The number of carboxylic acid groups (broad SMARTS) is 1. The fourth-order valence-corrected chi connectivity index (χ4v) is 7.92. The maximum Gasteiger partial charge on any atom is 0.323 e. The molecule has 0 aromatic rings. The average molecular weight is 534 g/mol. The molecule has 9 heteroatoms. The molecule has 2 atom stereocenters. The van der Waals surface area contributed by atoms with Crippen molar-refractivity contribution in [3.63, 3.8) is 0 Å². The van der Waals surface area contributed by atoms with Crippen LogP contribution in [0.15, 0.2) is 51.2 Å². The fourth-order valence-electron chi connectivity index (χ4n) is 6.16. The third kappa shape index (κ3) is 6.20. The SMILES string of the molecule is CCCC1(C)C(/C(C)=N/OCC)C(CC2=C/CC/C=C/C=C\2S(=O)(=O)N2CCCC2)=C(C)N1CC(=O)O. The van der Waals surface area contributed by atoms with E-state index in [0.29, 0.717) is 31.0 Å². The zero-order valence-corrected chi connectivity index (χ0v) is 23.8. The van der Waals surface area contributed by atoms with Gasteiger partial charge < -0.3 is 14.8 Å². The molecule has 0 spiro atoms. The van der Waals surface area contributed by atoms with Crippen LogP contribution in [-0.2, 0) is 19.7 Å². The summed E-state index contributed by atoms with van der Waals surface area (Å²) in [6, 6.07) is 0. The van der Waals surface area contributed by atoms with Crippen LogP contribution < -0.4 is 0 Å². The molecule has 206 valence electrons. The Bertz CT molecular complexity index is 1110. The highest BCUT2D eigenvalue weighted by Gasteiger charge is 2.50. The van der Waals surface area contributed by atoms with Gasteiger partial charge >= 0.3 is 5.97 Å². The minimum atomic E-state index is -3.64. The summed E-state index contributed by atoms with van der Waals surface area (Å²) < 4.78 is 29.1. The van der Waals surface area contributed by atoms with Crippen molar-refractivity contribution in [2.45, 2.75) is 85.1 Å². The lowest BCUT2D eigenvalue weighted by Crippen LogP contribution is -2.50. The van der Waals surface area contributed by atoms with Crippen molar-refractivity contribution in [2.75, 3.05) is 26.2 Å².